The zero-order valence-corrected chi connectivity index (χ0v) is 22.5. The molecule has 3 aliphatic rings. The van der Waals surface area contributed by atoms with Crippen molar-refractivity contribution < 1.29 is 4.74 Å². The van der Waals surface area contributed by atoms with Gasteiger partial charge in [0.25, 0.3) is 0 Å². The molecular weight excluding hydrogens is 430 g/mol. The molecule has 188 valence electrons. The highest BCUT2D eigenvalue weighted by Crippen LogP contribution is 2.46. The van der Waals surface area contributed by atoms with E-state index in [4.69, 9.17) is 4.74 Å². The molecule has 5 heteroatoms. The van der Waals surface area contributed by atoms with E-state index < -0.39 is 0 Å². The molecule has 0 bridgehead atoms. The molecule has 2 heterocycles. The summed E-state index contributed by atoms with van der Waals surface area (Å²) < 4.78 is 5.61. The van der Waals surface area contributed by atoms with E-state index >= 15 is 0 Å². The van der Waals surface area contributed by atoms with Gasteiger partial charge in [0, 0.05) is 50.6 Å². The molecule has 4 rings (SSSR count). The number of rotatable bonds is 6. The molecule has 2 aliphatic heterocycles. The second-order valence-electron chi connectivity index (χ2n) is 11.4. The number of nitrogens with zero attached hydrogens (tertiary/aromatic N) is 3. The third-order valence-corrected chi connectivity index (χ3v) is 8.32. The van der Waals surface area contributed by atoms with Gasteiger partial charge in [-0.15, -0.1) is 12.4 Å². The minimum Gasteiger partial charge on any atom is -0.378 e. The summed E-state index contributed by atoms with van der Waals surface area (Å²) in [6.07, 6.45) is 8.07. The van der Waals surface area contributed by atoms with Crippen molar-refractivity contribution in [3.63, 3.8) is 0 Å². The van der Waals surface area contributed by atoms with Gasteiger partial charge < -0.3 is 14.5 Å². The van der Waals surface area contributed by atoms with Crippen molar-refractivity contribution >= 4 is 23.8 Å². The summed E-state index contributed by atoms with van der Waals surface area (Å²) in [4.78, 5) is 7.88. The highest BCUT2D eigenvalue weighted by Gasteiger charge is 2.32. The Morgan fingerprint density at radius 2 is 1.55 bits per heavy atom. The van der Waals surface area contributed by atoms with Crippen molar-refractivity contribution in [1.82, 2.24) is 4.90 Å². The lowest BCUT2D eigenvalue weighted by atomic mass is 9.68. The average molecular weight is 478 g/mol. The van der Waals surface area contributed by atoms with Crippen LogP contribution in [-0.2, 0) is 4.74 Å². The number of morpholine rings is 1. The Morgan fingerprint density at radius 3 is 2.15 bits per heavy atom. The maximum Gasteiger partial charge on any atom is 0.0642 e. The molecule has 0 aromatic heterocycles. The predicted octanol–water partition coefficient (Wildman–Crippen LogP) is 6.19. The number of hydrogen-bond donors (Lipinski definition) is 0. The molecule has 0 atom stereocenters. The van der Waals surface area contributed by atoms with Gasteiger partial charge in [0.2, 0.25) is 0 Å². The number of unbranched alkanes of at least 4 members (excludes halogenated alkanes) is 1. The Morgan fingerprint density at radius 1 is 0.879 bits per heavy atom. The normalized spacial score (nSPS) is 25.1. The van der Waals surface area contributed by atoms with Crippen LogP contribution in [0.2, 0.25) is 0 Å². The smallest absolute Gasteiger partial charge is 0.0642 e. The standard InChI is InChI=1S/C28H47N3O.ClH/c1-5-6-13-29-14-16-31(17-15-29)27-12-11-25(30-18-20-32-21-19-30)22-26(27)23-7-9-24(10-8-23)28(2,3)4;/h11-12,22-24H,5-10,13-21H2,1-4H3;1H. The van der Waals surface area contributed by atoms with Crippen molar-refractivity contribution in [2.24, 2.45) is 11.3 Å². The molecule has 1 aromatic carbocycles. The van der Waals surface area contributed by atoms with E-state index in [1.54, 1.807) is 5.56 Å². The van der Waals surface area contributed by atoms with Crippen LogP contribution in [-0.4, -0.2) is 63.9 Å². The second-order valence-corrected chi connectivity index (χ2v) is 11.4. The molecule has 3 fully saturated rings. The van der Waals surface area contributed by atoms with Crippen LogP contribution in [0, 0.1) is 11.3 Å². The minimum atomic E-state index is 0. The Kier molecular flexibility index (Phi) is 9.79. The maximum absolute atomic E-state index is 5.61. The van der Waals surface area contributed by atoms with E-state index in [1.165, 1.54) is 82.6 Å². The maximum atomic E-state index is 5.61. The Balaban J connectivity index is 0.00000306. The van der Waals surface area contributed by atoms with Crippen LogP contribution in [0.25, 0.3) is 0 Å². The number of anilines is 2. The van der Waals surface area contributed by atoms with Crippen molar-refractivity contribution in [2.75, 3.05) is 68.8 Å². The van der Waals surface area contributed by atoms with Gasteiger partial charge in [-0.3, -0.25) is 4.90 Å². The van der Waals surface area contributed by atoms with Gasteiger partial charge in [-0.25, -0.2) is 0 Å². The van der Waals surface area contributed by atoms with Crippen LogP contribution in [0.3, 0.4) is 0 Å². The average Bonchev–Trinajstić information content (AvgIpc) is 2.83. The Hall–Kier alpha value is -0.970. The van der Waals surface area contributed by atoms with Crippen LogP contribution >= 0.6 is 12.4 Å². The fraction of sp³-hybridized carbons (Fsp3) is 0.786. The van der Waals surface area contributed by atoms with Crippen molar-refractivity contribution in [3.8, 4) is 0 Å². The number of halogens is 1. The molecule has 0 unspecified atom stereocenters. The number of hydrogen-bond acceptors (Lipinski definition) is 4. The van der Waals surface area contributed by atoms with E-state index in [0.717, 1.165) is 32.2 Å². The molecule has 0 radical (unpaired) electrons. The predicted molar refractivity (Wildman–Crippen MR) is 144 cm³/mol. The lowest BCUT2D eigenvalue weighted by Gasteiger charge is -2.41. The van der Waals surface area contributed by atoms with Crippen LogP contribution in [0.5, 0.6) is 0 Å². The molecule has 0 spiro atoms. The van der Waals surface area contributed by atoms with Crippen LogP contribution in [0.15, 0.2) is 18.2 Å². The van der Waals surface area contributed by atoms with E-state index in [1.807, 2.05) is 0 Å². The molecule has 33 heavy (non-hydrogen) atoms. The summed E-state index contributed by atoms with van der Waals surface area (Å²) in [6.45, 7) is 19.4. The van der Waals surface area contributed by atoms with Gasteiger partial charge >= 0.3 is 0 Å². The van der Waals surface area contributed by atoms with E-state index in [-0.39, 0.29) is 12.4 Å². The number of benzene rings is 1. The molecule has 0 N–H and O–H groups in total. The SMILES string of the molecule is CCCCN1CCN(c2ccc(N3CCOCC3)cc2C2CCC(C(C)(C)C)CC2)CC1.Cl. The summed E-state index contributed by atoms with van der Waals surface area (Å²) in [5.41, 5.74) is 5.00. The summed E-state index contributed by atoms with van der Waals surface area (Å²) in [6, 6.07) is 7.40. The van der Waals surface area contributed by atoms with Gasteiger partial charge in [-0.2, -0.15) is 0 Å². The lowest BCUT2D eigenvalue weighted by molar-refractivity contribution is 0.122. The van der Waals surface area contributed by atoms with Gasteiger partial charge in [0.05, 0.1) is 13.2 Å². The molecule has 0 amide bonds. The third kappa shape index (κ3) is 6.80. The first kappa shape index (κ1) is 26.6. The van der Waals surface area contributed by atoms with E-state index in [2.05, 4.69) is 60.6 Å². The number of ether oxygens (including phenoxy) is 1. The molecule has 1 saturated carbocycles. The quantitative estimate of drug-likeness (QED) is 0.486. The highest BCUT2D eigenvalue weighted by molar-refractivity contribution is 5.85. The molecular formula is C28H48ClN3O. The lowest BCUT2D eigenvalue weighted by Crippen LogP contribution is -2.47. The molecule has 4 nitrogen and oxygen atoms in total. The topological polar surface area (TPSA) is 19.0 Å². The molecule has 1 aliphatic carbocycles. The monoisotopic (exact) mass is 477 g/mol. The minimum absolute atomic E-state index is 0. The highest BCUT2D eigenvalue weighted by atomic mass is 35.5. The first-order valence-corrected chi connectivity index (χ1v) is 13.4. The van der Waals surface area contributed by atoms with Gasteiger partial charge in [0.1, 0.15) is 0 Å². The summed E-state index contributed by atoms with van der Waals surface area (Å²) in [5.74, 6) is 1.58. The fourth-order valence-corrected chi connectivity index (χ4v) is 6.04. The van der Waals surface area contributed by atoms with Crippen molar-refractivity contribution in [1.29, 1.82) is 0 Å². The summed E-state index contributed by atoms with van der Waals surface area (Å²) >= 11 is 0. The molecule has 1 aromatic rings. The Labute approximate surface area is 209 Å². The van der Waals surface area contributed by atoms with Gasteiger partial charge in [-0.1, -0.05) is 34.1 Å². The van der Waals surface area contributed by atoms with Crippen molar-refractivity contribution in [2.45, 2.75) is 72.1 Å². The summed E-state index contributed by atoms with van der Waals surface area (Å²) in [7, 11) is 0. The zero-order chi connectivity index (χ0) is 22.6. The van der Waals surface area contributed by atoms with Crippen LogP contribution in [0.4, 0.5) is 11.4 Å². The second kappa shape index (κ2) is 12.1. The first-order valence-electron chi connectivity index (χ1n) is 13.4. The Bertz CT molecular complexity index is 712. The fourth-order valence-electron chi connectivity index (χ4n) is 6.04. The van der Waals surface area contributed by atoms with E-state index in [0.29, 0.717) is 11.3 Å². The van der Waals surface area contributed by atoms with Crippen LogP contribution in [0.1, 0.15) is 77.7 Å². The summed E-state index contributed by atoms with van der Waals surface area (Å²) in [5, 5.41) is 0. The largest absolute Gasteiger partial charge is 0.378 e. The van der Waals surface area contributed by atoms with Crippen LogP contribution < -0.4 is 9.80 Å². The van der Waals surface area contributed by atoms with Gasteiger partial charge in [-0.05, 0) is 79.7 Å². The zero-order valence-electron chi connectivity index (χ0n) is 21.7. The number of piperazine rings is 1. The van der Waals surface area contributed by atoms with Crippen molar-refractivity contribution in [3.05, 3.63) is 23.8 Å². The third-order valence-electron chi connectivity index (χ3n) is 8.32. The molecule has 2 saturated heterocycles. The van der Waals surface area contributed by atoms with E-state index in [9.17, 15) is 0 Å². The first-order chi connectivity index (χ1) is 15.5. The van der Waals surface area contributed by atoms with Gasteiger partial charge in [0.15, 0.2) is 0 Å².